The van der Waals surface area contributed by atoms with Crippen molar-refractivity contribution in [2.75, 3.05) is 25.6 Å². The molecule has 0 spiro atoms. The van der Waals surface area contributed by atoms with Gasteiger partial charge >= 0.3 is 11.7 Å². The third-order valence-corrected chi connectivity index (χ3v) is 1.92. The Labute approximate surface area is 96.4 Å². The van der Waals surface area contributed by atoms with Gasteiger partial charge in [-0.25, -0.2) is 9.78 Å². The number of rotatable bonds is 6. The summed E-state index contributed by atoms with van der Waals surface area (Å²) in [6.45, 7) is 0.849. The van der Waals surface area contributed by atoms with Crippen molar-refractivity contribution in [1.82, 2.24) is 4.98 Å². The number of anilines is 1. The summed E-state index contributed by atoms with van der Waals surface area (Å²) in [4.78, 5) is 24.3. The molecule has 0 unspecified atom stereocenters. The van der Waals surface area contributed by atoms with Gasteiger partial charge in [-0.05, 0) is 0 Å². The second-order valence-electron chi connectivity index (χ2n) is 3.07. The van der Waals surface area contributed by atoms with Crippen molar-refractivity contribution in [3.05, 3.63) is 27.9 Å². The number of hydrogen-bond donors (Lipinski definition) is 2. The highest BCUT2D eigenvalue weighted by Crippen LogP contribution is 2.19. The van der Waals surface area contributed by atoms with Crippen LogP contribution in [0.2, 0.25) is 0 Å². The van der Waals surface area contributed by atoms with Gasteiger partial charge in [0.1, 0.15) is 17.6 Å². The summed E-state index contributed by atoms with van der Waals surface area (Å²) in [7, 11) is 1.52. The van der Waals surface area contributed by atoms with E-state index >= 15 is 0 Å². The van der Waals surface area contributed by atoms with Crippen LogP contribution in [-0.4, -0.2) is 41.2 Å². The Morgan fingerprint density at radius 1 is 1.71 bits per heavy atom. The summed E-state index contributed by atoms with van der Waals surface area (Å²) >= 11 is 0. The van der Waals surface area contributed by atoms with Gasteiger partial charge in [-0.3, -0.25) is 10.1 Å². The first kappa shape index (κ1) is 12.8. The van der Waals surface area contributed by atoms with Gasteiger partial charge in [0, 0.05) is 19.7 Å². The van der Waals surface area contributed by atoms with Gasteiger partial charge in [0.15, 0.2) is 0 Å². The first-order valence-electron chi connectivity index (χ1n) is 4.66. The van der Waals surface area contributed by atoms with Crippen LogP contribution in [0.5, 0.6) is 0 Å². The highest BCUT2D eigenvalue weighted by molar-refractivity contribution is 5.93. The van der Waals surface area contributed by atoms with E-state index in [4.69, 9.17) is 9.84 Å². The smallest absolute Gasteiger partial charge is 0.342 e. The lowest BCUT2D eigenvalue weighted by Gasteiger charge is -2.05. The Bertz CT molecular complexity index is 435. The monoisotopic (exact) mass is 241 g/mol. The number of ether oxygens (including phenoxy) is 1. The Kier molecular flexibility index (Phi) is 4.35. The zero-order chi connectivity index (χ0) is 12.8. The fourth-order valence-electron chi connectivity index (χ4n) is 1.14. The minimum atomic E-state index is -1.37. The van der Waals surface area contributed by atoms with Gasteiger partial charge in [0.25, 0.3) is 0 Å². The second-order valence-corrected chi connectivity index (χ2v) is 3.07. The predicted octanol–water partition coefficient (Wildman–Crippen LogP) is 0.746. The lowest BCUT2D eigenvalue weighted by molar-refractivity contribution is -0.385. The molecular weight excluding hydrogens is 230 g/mol. The summed E-state index contributed by atoms with van der Waals surface area (Å²) in [5.74, 6) is -1.11. The number of nitrogens with zero attached hydrogens (tertiary/aromatic N) is 2. The van der Waals surface area contributed by atoms with Crippen LogP contribution in [0.1, 0.15) is 10.4 Å². The van der Waals surface area contributed by atoms with E-state index in [1.54, 1.807) is 0 Å². The van der Waals surface area contributed by atoms with Crippen LogP contribution >= 0.6 is 0 Å². The van der Waals surface area contributed by atoms with Crippen LogP contribution in [-0.2, 0) is 4.74 Å². The normalized spacial score (nSPS) is 9.94. The van der Waals surface area contributed by atoms with E-state index in [0.717, 1.165) is 12.3 Å². The van der Waals surface area contributed by atoms with Crippen LogP contribution in [0, 0.1) is 10.1 Å². The third-order valence-electron chi connectivity index (χ3n) is 1.92. The molecule has 0 atom stereocenters. The largest absolute Gasteiger partial charge is 0.477 e. The number of methoxy groups -OCH3 is 1. The summed E-state index contributed by atoms with van der Waals surface area (Å²) in [5.41, 5.74) is -0.931. The Hall–Kier alpha value is -2.22. The molecule has 0 aliphatic heterocycles. The van der Waals surface area contributed by atoms with Crippen molar-refractivity contribution in [3.8, 4) is 0 Å². The first-order valence-corrected chi connectivity index (χ1v) is 4.66. The van der Waals surface area contributed by atoms with Gasteiger partial charge in [-0.15, -0.1) is 0 Å². The van der Waals surface area contributed by atoms with E-state index in [-0.39, 0.29) is 5.82 Å². The van der Waals surface area contributed by atoms with Crippen molar-refractivity contribution >= 4 is 17.5 Å². The lowest BCUT2D eigenvalue weighted by atomic mass is 10.2. The lowest BCUT2D eigenvalue weighted by Crippen LogP contribution is -2.11. The molecule has 0 amide bonds. The number of carboxylic acids is 1. The van der Waals surface area contributed by atoms with Gasteiger partial charge in [0.05, 0.1) is 11.5 Å². The van der Waals surface area contributed by atoms with E-state index in [0.29, 0.717) is 13.2 Å². The average Bonchev–Trinajstić information content (AvgIpc) is 2.29. The van der Waals surface area contributed by atoms with E-state index in [1.807, 2.05) is 0 Å². The number of pyridine rings is 1. The molecule has 1 heterocycles. The topological polar surface area (TPSA) is 115 Å². The molecule has 0 aliphatic carbocycles. The van der Waals surface area contributed by atoms with E-state index in [9.17, 15) is 14.9 Å². The van der Waals surface area contributed by atoms with Gasteiger partial charge in [-0.1, -0.05) is 0 Å². The van der Waals surface area contributed by atoms with Crippen molar-refractivity contribution in [2.45, 2.75) is 0 Å². The van der Waals surface area contributed by atoms with Crippen LogP contribution in [0.3, 0.4) is 0 Å². The molecule has 0 saturated heterocycles. The van der Waals surface area contributed by atoms with Crippen molar-refractivity contribution in [1.29, 1.82) is 0 Å². The summed E-state index contributed by atoms with van der Waals surface area (Å²) in [5, 5.41) is 22.2. The van der Waals surface area contributed by atoms with Crippen LogP contribution in [0.4, 0.5) is 11.5 Å². The van der Waals surface area contributed by atoms with E-state index in [1.165, 1.54) is 7.11 Å². The molecule has 0 aromatic carbocycles. The summed E-state index contributed by atoms with van der Waals surface area (Å²) < 4.78 is 4.79. The molecule has 2 N–H and O–H groups in total. The highest BCUT2D eigenvalue weighted by Gasteiger charge is 2.20. The molecule has 1 aromatic rings. The zero-order valence-electron chi connectivity index (χ0n) is 9.04. The number of hydrogen-bond acceptors (Lipinski definition) is 6. The number of carbonyl (C=O) groups is 1. The maximum Gasteiger partial charge on any atom is 0.342 e. The van der Waals surface area contributed by atoms with Gasteiger partial charge in [-0.2, -0.15) is 0 Å². The number of nitrogens with one attached hydrogen (secondary N) is 1. The number of aromatic nitrogens is 1. The number of nitro groups is 1. The first-order chi connectivity index (χ1) is 8.06. The molecule has 0 bridgehead atoms. The van der Waals surface area contributed by atoms with Crippen molar-refractivity contribution in [3.63, 3.8) is 0 Å². The molecule has 1 aromatic heterocycles. The van der Waals surface area contributed by atoms with Gasteiger partial charge in [0.2, 0.25) is 0 Å². The Balaban J connectivity index is 2.94. The zero-order valence-corrected chi connectivity index (χ0v) is 9.04. The molecule has 1 rings (SSSR count). The molecule has 0 aliphatic rings. The van der Waals surface area contributed by atoms with Crippen LogP contribution < -0.4 is 5.32 Å². The third kappa shape index (κ3) is 3.38. The second kappa shape index (κ2) is 5.75. The van der Waals surface area contributed by atoms with Gasteiger partial charge < -0.3 is 15.2 Å². The minimum Gasteiger partial charge on any atom is -0.477 e. The molecule has 92 valence electrons. The summed E-state index contributed by atoms with van der Waals surface area (Å²) in [6, 6.07) is 1.12. The molecule has 0 saturated carbocycles. The fourth-order valence-corrected chi connectivity index (χ4v) is 1.14. The molecule has 8 nitrogen and oxygen atoms in total. The standard InChI is InChI=1S/C9H11N3O5/c1-17-3-2-10-8-4-6(9(13)14)7(5-11-8)12(15)16/h4-5H,2-3H2,1H3,(H,10,11)(H,13,14). The fraction of sp³-hybridized carbons (Fsp3) is 0.333. The Morgan fingerprint density at radius 3 is 2.94 bits per heavy atom. The highest BCUT2D eigenvalue weighted by atomic mass is 16.6. The van der Waals surface area contributed by atoms with E-state index < -0.39 is 22.1 Å². The molecule has 0 radical (unpaired) electrons. The number of carboxylic acid groups (broad SMARTS) is 1. The maximum atomic E-state index is 10.8. The van der Waals surface area contributed by atoms with Crippen molar-refractivity contribution in [2.24, 2.45) is 0 Å². The quantitative estimate of drug-likeness (QED) is 0.429. The predicted molar refractivity (Wildman–Crippen MR) is 58.2 cm³/mol. The maximum absolute atomic E-state index is 10.8. The summed E-state index contributed by atoms with van der Waals surface area (Å²) in [6.07, 6.45) is 0.915. The van der Waals surface area contributed by atoms with Crippen LogP contribution in [0.25, 0.3) is 0 Å². The van der Waals surface area contributed by atoms with Crippen molar-refractivity contribution < 1.29 is 19.6 Å². The minimum absolute atomic E-state index is 0.255. The number of aromatic carboxylic acids is 1. The van der Waals surface area contributed by atoms with E-state index in [2.05, 4.69) is 10.3 Å². The van der Waals surface area contributed by atoms with Crippen LogP contribution in [0.15, 0.2) is 12.3 Å². The molecule has 17 heavy (non-hydrogen) atoms. The molecule has 8 heteroatoms. The molecule has 0 fully saturated rings. The SMILES string of the molecule is COCCNc1cc(C(=O)O)c([N+](=O)[O-])cn1. The average molecular weight is 241 g/mol. The molecular formula is C9H11N3O5. The Morgan fingerprint density at radius 2 is 2.41 bits per heavy atom.